The van der Waals surface area contributed by atoms with Crippen LogP contribution in [0.15, 0.2) is 18.2 Å². The highest BCUT2D eigenvalue weighted by Crippen LogP contribution is 2.31. The summed E-state index contributed by atoms with van der Waals surface area (Å²) in [7, 11) is 0. The maximum absolute atomic E-state index is 12.6. The van der Waals surface area contributed by atoms with Crippen LogP contribution in [0.3, 0.4) is 0 Å². The van der Waals surface area contributed by atoms with Crippen LogP contribution in [0, 0.1) is 5.82 Å². The molecule has 0 spiro atoms. The molecule has 0 atom stereocenters. The quantitative estimate of drug-likeness (QED) is 0.604. The summed E-state index contributed by atoms with van der Waals surface area (Å²) in [4.78, 5) is 0. The van der Waals surface area contributed by atoms with E-state index in [1.807, 2.05) is 0 Å². The molecular weight excluding hydrogens is 173 g/mol. The molecule has 1 rings (SSSR count). The van der Waals surface area contributed by atoms with Gasteiger partial charge in [0, 0.05) is 12.1 Å². The highest BCUT2D eigenvalue weighted by Gasteiger charge is 2.08. The minimum atomic E-state index is -0.845. The largest absolute Gasteiger partial charge is 0.504 e. The fourth-order valence-corrected chi connectivity index (χ4v) is 0.900. The van der Waals surface area contributed by atoms with Gasteiger partial charge in [-0.2, -0.15) is 0 Å². The van der Waals surface area contributed by atoms with E-state index in [9.17, 15) is 9.50 Å². The van der Waals surface area contributed by atoms with E-state index in [0.717, 1.165) is 6.07 Å². The van der Waals surface area contributed by atoms with E-state index in [0.29, 0.717) is 12.1 Å². The van der Waals surface area contributed by atoms with Crippen LogP contribution in [0.2, 0.25) is 0 Å². The Morgan fingerprint density at radius 2 is 2.00 bits per heavy atom. The molecule has 4 N–H and O–H groups in total. The van der Waals surface area contributed by atoms with Crippen molar-refractivity contribution in [1.29, 1.82) is 0 Å². The van der Waals surface area contributed by atoms with E-state index in [1.54, 1.807) is 6.08 Å². The van der Waals surface area contributed by atoms with E-state index in [1.165, 1.54) is 12.1 Å². The SMILES string of the molecule is NC/C=C/c1ccc(F)c(O)c1O. The number of phenolic OH excluding ortho intramolecular Hbond substituents is 2. The lowest BCUT2D eigenvalue weighted by molar-refractivity contribution is 0.378. The number of hydrogen-bond acceptors (Lipinski definition) is 3. The summed E-state index contributed by atoms with van der Waals surface area (Å²) in [6.07, 6.45) is 3.10. The molecule has 1 aromatic rings. The fraction of sp³-hybridized carbons (Fsp3) is 0.111. The zero-order valence-corrected chi connectivity index (χ0v) is 6.87. The van der Waals surface area contributed by atoms with Crippen molar-refractivity contribution in [2.75, 3.05) is 6.54 Å². The lowest BCUT2D eigenvalue weighted by Crippen LogP contribution is -1.92. The summed E-state index contributed by atoms with van der Waals surface area (Å²) in [5.41, 5.74) is 5.53. The van der Waals surface area contributed by atoms with Gasteiger partial charge >= 0.3 is 0 Å². The number of rotatable bonds is 2. The first-order chi connectivity index (χ1) is 6.16. The maximum Gasteiger partial charge on any atom is 0.194 e. The summed E-state index contributed by atoms with van der Waals surface area (Å²) in [6.45, 7) is 0.317. The van der Waals surface area contributed by atoms with Crippen LogP contribution in [-0.2, 0) is 0 Å². The topological polar surface area (TPSA) is 66.5 Å². The summed E-state index contributed by atoms with van der Waals surface area (Å²) < 4.78 is 12.6. The average molecular weight is 183 g/mol. The monoisotopic (exact) mass is 183 g/mol. The third-order valence-electron chi connectivity index (χ3n) is 1.57. The smallest absolute Gasteiger partial charge is 0.194 e. The second kappa shape index (κ2) is 3.91. The Balaban J connectivity index is 3.11. The molecule has 4 heteroatoms. The first-order valence-corrected chi connectivity index (χ1v) is 3.74. The summed E-state index contributed by atoms with van der Waals surface area (Å²) in [5.74, 6) is -2.05. The first kappa shape index (κ1) is 9.54. The molecule has 70 valence electrons. The molecule has 13 heavy (non-hydrogen) atoms. The normalized spacial score (nSPS) is 10.9. The Labute approximate surface area is 74.9 Å². The van der Waals surface area contributed by atoms with Crippen LogP contribution in [0.25, 0.3) is 6.08 Å². The van der Waals surface area contributed by atoms with Gasteiger partial charge in [0.2, 0.25) is 0 Å². The van der Waals surface area contributed by atoms with E-state index >= 15 is 0 Å². The molecule has 0 fully saturated rings. The number of benzene rings is 1. The van der Waals surface area contributed by atoms with Crippen LogP contribution in [0.4, 0.5) is 4.39 Å². The van der Waals surface area contributed by atoms with E-state index < -0.39 is 17.3 Å². The Bertz CT molecular complexity index is 337. The van der Waals surface area contributed by atoms with Gasteiger partial charge in [0.05, 0.1) is 0 Å². The first-order valence-electron chi connectivity index (χ1n) is 3.74. The molecule has 1 aromatic carbocycles. The predicted molar refractivity (Wildman–Crippen MR) is 47.8 cm³/mol. The Morgan fingerprint density at radius 3 is 2.62 bits per heavy atom. The van der Waals surface area contributed by atoms with Gasteiger partial charge in [0.15, 0.2) is 17.3 Å². The van der Waals surface area contributed by atoms with Crippen LogP contribution in [-0.4, -0.2) is 16.8 Å². The molecule has 3 nitrogen and oxygen atoms in total. The minimum absolute atomic E-state index is 0.317. The summed E-state index contributed by atoms with van der Waals surface area (Å²) >= 11 is 0. The van der Waals surface area contributed by atoms with Crippen molar-refractivity contribution in [3.05, 3.63) is 29.6 Å². The van der Waals surface area contributed by atoms with Gasteiger partial charge in [-0.25, -0.2) is 4.39 Å². The maximum atomic E-state index is 12.6. The van der Waals surface area contributed by atoms with Crippen molar-refractivity contribution in [2.45, 2.75) is 0 Å². The molecule has 0 saturated carbocycles. The summed E-state index contributed by atoms with van der Waals surface area (Å²) in [5, 5.41) is 18.2. The fourth-order valence-electron chi connectivity index (χ4n) is 0.900. The average Bonchev–Trinajstić information content (AvgIpc) is 2.13. The second-order valence-electron chi connectivity index (χ2n) is 2.47. The van der Waals surface area contributed by atoms with Crippen molar-refractivity contribution in [3.63, 3.8) is 0 Å². The number of halogens is 1. The van der Waals surface area contributed by atoms with Gasteiger partial charge in [-0.15, -0.1) is 0 Å². The standard InChI is InChI=1S/C9H10FNO2/c10-7-4-3-6(2-1-5-11)8(12)9(7)13/h1-4,12-13H,5,11H2/b2-1+. The summed E-state index contributed by atoms with van der Waals surface area (Å²) in [6, 6.07) is 2.43. The van der Waals surface area contributed by atoms with Gasteiger partial charge in [-0.1, -0.05) is 12.2 Å². The lowest BCUT2D eigenvalue weighted by Gasteiger charge is -2.01. The Morgan fingerprint density at radius 1 is 1.31 bits per heavy atom. The molecule has 0 radical (unpaired) electrons. The third kappa shape index (κ3) is 1.97. The molecule has 0 unspecified atom stereocenters. The molecule has 0 aliphatic rings. The number of nitrogens with two attached hydrogens (primary N) is 1. The number of hydrogen-bond donors (Lipinski definition) is 3. The van der Waals surface area contributed by atoms with Gasteiger partial charge in [0.25, 0.3) is 0 Å². The number of aromatic hydroxyl groups is 2. The minimum Gasteiger partial charge on any atom is -0.504 e. The van der Waals surface area contributed by atoms with Crippen molar-refractivity contribution < 1.29 is 14.6 Å². The highest BCUT2D eigenvalue weighted by atomic mass is 19.1. The molecule has 0 aliphatic heterocycles. The number of phenols is 2. The zero-order valence-electron chi connectivity index (χ0n) is 6.87. The molecule has 0 aromatic heterocycles. The van der Waals surface area contributed by atoms with Crippen molar-refractivity contribution in [1.82, 2.24) is 0 Å². The van der Waals surface area contributed by atoms with Crippen LogP contribution < -0.4 is 5.73 Å². The van der Waals surface area contributed by atoms with E-state index in [4.69, 9.17) is 10.8 Å². The highest BCUT2D eigenvalue weighted by molar-refractivity contribution is 5.61. The van der Waals surface area contributed by atoms with Gasteiger partial charge in [-0.3, -0.25) is 0 Å². The van der Waals surface area contributed by atoms with Crippen molar-refractivity contribution >= 4 is 6.08 Å². The van der Waals surface area contributed by atoms with Crippen molar-refractivity contribution in [2.24, 2.45) is 5.73 Å². The van der Waals surface area contributed by atoms with E-state index in [-0.39, 0.29) is 0 Å². The Hall–Kier alpha value is -1.55. The van der Waals surface area contributed by atoms with Gasteiger partial charge in [-0.05, 0) is 12.1 Å². The van der Waals surface area contributed by atoms with E-state index in [2.05, 4.69) is 0 Å². The van der Waals surface area contributed by atoms with Crippen LogP contribution >= 0.6 is 0 Å². The van der Waals surface area contributed by atoms with Gasteiger partial charge in [0.1, 0.15) is 0 Å². The molecule has 0 amide bonds. The molecule has 0 heterocycles. The third-order valence-corrected chi connectivity index (χ3v) is 1.57. The lowest BCUT2D eigenvalue weighted by atomic mass is 10.1. The van der Waals surface area contributed by atoms with Crippen molar-refractivity contribution in [3.8, 4) is 11.5 Å². The molecule has 0 bridgehead atoms. The predicted octanol–water partition coefficient (Wildman–Crippen LogP) is 1.21. The molecule has 0 saturated heterocycles. The van der Waals surface area contributed by atoms with Gasteiger partial charge < -0.3 is 15.9 Å². The second-order valence-corrected chi connectivity index (χ2v) is 2.47. The van der Waals surface area contributed by atoms with Crippen LogP contribution in [0.5, 0.6) is 11.5 Å². The molecular formula is C9H10FNO2. The molecule has 0 aliphatic carbocycles. The Kier molecular flexibility index (Phi) is 2.87. The van der Waals surface area contributed by atoms with Crippen LogP contribution in [0.1, 0.15) is 5.56 Å². The zero-order chi connectivity index (χ0) is 9.84.